The average molecular weight is 448 g/mol. The van der Waals surface area contributed by atoms with Crippen LogP contribution in [0.1, 0.15) is 22.3 Å². The molecule has 0 aliphatic rings. The van der Waals surface area contributed by atoms with E-state index in [1.54, 1.807) is 12.3 Å². The predicted molar refractivity (Wildman–Crippen MR) is 116 cm³/mol. The topological polar surface area (TPSA) is 74.5 Å². The SMILES string of the molecule is N#Cc1ccccc1COc1ccccc1/C=N\NC(=O)Cc1ccc(Br)cc1. The third-order valence-electron chi connectivity index (χ3n) is 4.11. The number of nitrogens with zero attached hydrogens (tertiary/aromatic N) is 2. The highest BCUT2D eigenvalue weighted by atomic mass is 79.9. The molecule has 1 amide bonds. The largest absolute Gasteiger partial charge is 0.488 e. The molecule has 3 rings (SSSR count). The van der Waals surface area contributed by atoms with Gasteiger partial charge in [0.15, 0.2) is 0 Å². The molecule has 0 heterocycles. The second kappa shape index (κ2) is 10.2. The number of rotatable bonds is 7. The van der Waals surface area contributed by atoms with Gasteiger partial charge in [-0.25, -0.2) is 5.43 Å². The van der Waals surface area contributed by atoms with Crippen molar-refractivity contribution in [1.29, 1.82) is 5.26 Å². The van der Waals surface area contributed by atoms with E-state index in [0.29, 0.717) is 11.3 Å². The van der Waals surface area contributed by atoms with Gasteiger partial charge in [0, 0.05) is 15.6 Å². The molecular formula is C23H18BrN3O2. The Morgan fingerprint density at radius 3 is 2.59 bits per heavy atom. The van der Waals surface area contributed by atoms with Gasteiger partial charge < -0.3 is 4.74 Å². The molecule has 0 saturated heterocycles. The second-order valence-electron chi connectivity index (χ2n) is 6.19. The van der Waals surface area contributed by atoms with Crippen molar-refractivity contribution in [3.8, 4) is 11.8 Å². The van der Waals surface area contributed by atoms with Gasteiger partial charge in [-0.2, -0.15) is 10.4 Å². The van der Waals surface area contributed by atoms with Crippen molar-refractivity contribution < 1.29 is 9.53 Å². The Balaban J connectivity index is 1.60. The van der Waals surface area contributed by atoms with Gasteiger partial charge in [0.2, 0.25) is 5.91 Å². The van der Waals surface area contributed by atoms with Crippen molar-refractivity contribution >= 4 is 28.1 Å². The van der Waals surface area contributed by atoms with Crippen LogP contribution in [0.25, 0.3) is 0 Å². The fraction of sp³-hybridized carbons (Fsp3) is 0.0870. The number of nitrogens with one attached hydrogen (secondary N) is 1. The van der Waals surface area contributed by atoms with E-state index in [-0.39, 0.29) is 18.9 Å². The van der Waals surface area contributed by atoms with Crippen LogP contribution in [0.4, 0.5) is 0 Å². The maximum absolute atomic E-state index is 12.1. The first-order valence-electron chi connectivity index (χ1n) is 8.92. The number of carbonyl (C=O) groups excluding carboxylic acids is 1. The molecule has 0 unspecified atom stereocenters. The molecule has 0 radical (unpaired) electrons. The van der Waals surface area contributed by atoms with Crippen LogP contribution in [0, 0.1) is 11.3 Å². The van der Waals surface area contributed by atoms with E-state index in [9.17, 15) is 10.1 Å². The number of ether oxygens (including phenoxy) is 1. The van der Waals surface area contributed by atoms with Gasteiger partial charge in [-0.3, -0.25) is 4.79 Å². The minimum atomic E-state index is -0.204. The van der Waals surface area contributed by atoms with Gasteiger partial charge in [0.1, 0.15) is 12.4 Å². The van der Waals surface area contributed by atoms with Gasteiger partial charge in [-0.15, -0.1) is 0 Å². The van der Waals surface area contributed by atoms with Crippen molar-refractivity contribution in [3.63, 3.8) is 0 Å². The highest BCUT2D eigenvalue weighted by molar-refractivity contribution is 9.10. The van der Waals surface area contributed by atoms with Gasteiger partial charge >= 0.3 is 0 Å². The molecule has 0 aliphatic heterocycles. The quantitative estimate of drug-likeness (QED) is 0.424. The zero-order valence-corrected chi connectivity index (χ0v) is 17.1. The monoisotopic (exact) mass is 447 g/mol. The fourth-order valence-corrected chi connectivity index (χ4v) is 2.89. The molecule has 29 heavy (non-hydrogen) atoms. The molecule has 0 saturated carbocycles. The van der Waals surface area contributed by atoms with Crippen LogP contribution in [0.5, 0.6) is 5.75 Å². The molecule has 1 N–H and O–H groups in total. The number of hydrogen-bond donors (Lipinski definition) is 1. The first kappa shape index (κ1) is 20.3. The van der Waals surface area contributed by atoms with Crippen LogP contribution in [-0.4, -0.2) is 12.1 Å². The predicted octanol–water partition coefficient (Wildman–Crippen LogP) is 4.59. The van der Waals surface area contributed by atoms with Gasteiger partial charge in [-0.05, 0) is 35.9 Å². The zero-order chi connectivity index (χ0) is 20.5. The summed E-state index contributed by atoms with van der Waals surface area (Å²) in [6.45, 7) is 0.268. The molecule has 6 heteroatoms. The first-order valence-corrected chi connectivity index (χ1v) is 9.71. The summed E-state index contributed by atoms with van der Waals surface area (Å²) in [6, 6.07) is 24.4. The normalized spacial score (nSPS) is 10.5. The third-order valence-corrected chi connectivity index (χ3v) is 4.64. The molecule has 0 aromatic heterocycles. The summed E-state index contributed by atoms with van der Waals surface area (Å²) in [4.78, 5) is 12.1. The number of amides is 1. The van der Waals surface area contributed by atoms with Crippen molar-refractivity contribution in [2.45, 2.75) is 13.0 Å². The number of para-hydroxylation sites is 1. The van der Waals surface area contributed by atoms with Crippen molar-refractivity contribution in [3.05, 3.63) is 99.5 Å². The lowest BCUT2D eigenvalue weighted by molar-refractivity contribution is -0.120. The number of hydrogen-bond acceptors (Lipinski definition) is 4. The molecule has 0 fully saturated rings. The highest BCUT2D eigenvalue weighted by Gasteiger charge is 2.06. The van der Waals surface area contributed by atoms with Crippen LogP contribution in [0.15, 0.2) is 82.4 Å². The number of benzene rings is 3. The van der Waals surface area contributed by atoms with Crippen molar-refractivity contribution in [1.82, 2.24) is 5.43 Å². The molecular weight excluding hydrogens is 430 g/mol. The van der Waals surface area contributed by atoms with E-state index in [2.05, 4.69) is 32.5 Å². The van der Waals surface area contributed by atoms with Crippen LogP contribution in [0.3, 0.4) is 0 Å². The molecule has 3 aromatic rings. The van der Waals surface area contributed by atoms with Crippen LogP contribution in [0.2, 0.25) is 0 Å². The lowest BCUT2D eigenvalue weighted by Gasteiger charge is -2.10. The highest BCUT2D eigenvalue weighted by Crippen LogP contribution is 2.19. The third kappa shape index (κ3) is 6.03. The summed E-state index contributed by atoms with van der Waals surface area (Å²) in [7, 11) is 0. The summed E-state index contributed by atoms with van der Waals surface area (Å²) in [6.07, 6.45) is 1.79. The Labute approximate surface area is 177 Å². The zero-order valence-electron chi connectivity index (χ0n) is 15.5. The number of nitriles is 1. The average Bonchev–Trinajstić information content (AvgIpc) is 2.75. The van der Waals surface area contributed by atoms with Gasteiger partial charge in [0.25, 0.3) is 0 Å². The Morgan fingerprint density at radius 2 is 1.79 bits per heavy atom. The summed E-state index contributed by atoms with van der Waals surface area (Å²) in [5, 5.41) is 13.2. The molecule has 0 atom stereocenters. The number of halogens is 1. The molecule has 5 nitrogen and oxygen atoms in total. The molecule has 0 spiro atoms. The van der Waals surface area contributed by atoms with E-state index in [1.165, 1.54) is 0 Å². The summed E-state index contributed by atoms with van der Waals surface area (Å²) >= 11 is 3.37. The van der Waals surface area contributed by atoms with Gasteiger partial charge in [-0.1, -0.05) is 58.4 Å². The first-order chi connectivity index (χ1) is 14.2. The van der Waals surface area contributed by atoms with E-state index in [4.69, 9.17) is 4.74 Å². The Bertz CT molecular complexity index is 1060. The van der Waals surface area contributed by atoms with Crippen LogP contribution < -0.4 is 10.2 Å². The number of carbonyl (C=O) groups is 1. The Hall–Kier alpha value is -3.43. The van der Waals surface area contributed by atoms with E-state index in [0.717, 1.165) is 21.2 Å². The van der Waals surface area contributed by atoms with Gasteiger partial charge in [0.05, 0.1) is 24.3 Å². The van der Waals surface area contributed by atoms with Crippen molar-refractivity contribution in [2.75, 3.05) is 0 Å². The smallest absolute Gasteiger partial charge is 0.244 e. The van der Waals surface area contributed by atoms with Crippen LogP contribution in [-0.2, 0) is 17.8 Å². The maximum Gasteiger partial charge on any atom is 0.244 e. The fourth-order valence-electron chi connectivity index (χ4n) is 2.63. The Kier molecular flexibility index (Phi) is 7.15. The summed E-state index contributed by atoms with van der Waals surface area (Å²) in [5.41, 5.74) is 5.56. The molecule has 0 aliphatic carbocycles. The van der Waals surface area contributed by atoms with E-state index in [1.807, 2.05) is 66.7 Å². The van der Waals surface area contributed by atoms with Crippen molar-refractivity contribution in [2.24, 2.45) is 5.10 Å². The minimum absolute atomic E-state index is 0.204. The lowest BCUT2D eigenvalue weighted by atomic mass is 10.1. The van der Waals surface area contributed by atoms with E-state index < -0.39 is 0 Å². The summed E-state index contributed by atoms with van der Waals surface area (Å²) < 4.78 is 6.84. The minimum Gasteiger partial charge on any atom is -0.488 e. The maximum atomic E-state index is 12.1. The molecule has 144 valence electrons. The summed E-state index contributed by atoms with van der Waals surface area (Å²) in [5.74, 6) is 0.413. The Morgan fingerprint density at radius 1 is 1.07 bits per heavy atom. The molecule has 0 bridgehead atoms. The second-order valence-corrected chi connectivity index (χ2v) is 7.11. The lowest BCUT2D eigenvalue weighted by Crippen LogP contribution is -2.19. The number of hydrazone groups is 1. The molecule has 3 aromatic carbocycles. The van der Waals surface area contributed by atoms with Crippen LogP contribution >= 0.6 is 15.9 Å². The van der Waals surface area contributed by atoms with E-state index >= 15 is 0 Å². The standard InChI is InChI=1S/C23H18BrN3O2/c24-21-11-9-17(10-12-21)13-23(28)27-26-15-19-6-3-4-8-22(19)29-16-20-7-2-1-5-18(20)14-25/h1-12,15H,13,16H2,(H,27,28)/b26-15-.